The zero-order valence-corrected chi connectivity index (χ0v) is 17.3. The lowest BCUT2D eigenvalue weighted by atomic mass is 10.0. The fourth-order valence-corrected chi connectivity index (χ4v) is 4.02. The molecule has 1 aromatic carbocycles. The van der Waals surface area contributed by atoms with E-state index in [1.807, 2.05) is 30.3 Å². The van der Waals surface area contributed by atoms with Gasteiger partial charge in [-0.25, -0.2) is 9.97 Å². The maximum absolute atomic E-state index is 8.78. The number of anilines is 2. The highest BCUT2D eigenvalue weighted by atomic mass is 16.5. The van der Waals surface area contributed by atoms with Gasteiger partial charge in [-0.2, -0.15) is 0 Å². The molecule has 31 heavy (non-hydrogen) atoms. The third-order valence-electron chi connectivity index (χ3n) is 6.15. The summed E-state index contributed by atoms with van der Waals surface area (Å²) in [5.41, 5.74) is 9.63. The van der Waals surface area contributed by atoms with Crippen LogP contribution in [0.25, 0.3) is 0 Å². The lowest BCUT2D eigenvalue weighted by molar-refractivity contribution is 0.303. The summed E-state index contributed by atoms with van der Waals surface area (Å²) in [7, 11) is 0. The molecule has 0 amide bonds. The first-order chi connectivity index (χ1) is 15.1. The maximum Gasteiger partial charge on any atom is 0.197 e. The first kappa shape index (κ1) is 18.4. The Morgan fingerprint density at radius 1 is 1.16 bits per heavy atom. The van der Waals surface area contributed by atoms with Crippen LogP contribution in [0.3, 0.4) is 0 Å². The highest BCUT2D eigenvalue weighted by Crippen LogP contribution is 2.41. The molecule has 3 aliphatic rings. The monoisotopic (exact) mass is 415 g/mol. The van der Waals surface area contributed by atoms with Crippen LogP contribution < -0.4 is 15.4 Å². The van der Waals surface area contributed by atoms with E-state index in [1.165, 1.54) is 12.8 Å². The Hall–Kier alpha value is -3.35. The Bertz CT molecular complexity index is 1160. The minimum absolute atomic E-state index is 0.305. The van der Waals surface area contributed by atoms with E-state index in [0.717, 1.165) is 60.3 Å². The van der Waals surface area contributed by atoms with E-state index in [-0.39, 0.29) is 0 Å². The molecule has 2 aliphatic carbocycles. The normalized spacial score (nSPS) is 18.0. The minimum Gasteiger partial charge on any atom is -0.490 e. The number of ether oxygens (including phenoxy) is 1. The number of hydrogen-bond acceptors (Lipinski definition) is 7. The molecule has 0 unspecified atom stereocenters. The Kier molecular flexibility index (Phi) is 4.23. The summed E-state index contributed by atoms with van der Waals surface area (Å²) in [5, 5.41) is 8.78. The Labute approximate surface area is 180 Å². The molecule has 0 atom stereocenters. The predicted molar refractivity (Wildman–Crippen MR) is 118 cm³/mol. The van der Waals surface area contributed by atoms with Gasteiger partial charge in [0.1, 0.15) is 23.0 Å². The molecule has 2 fully saturated rings. The Morgan fingerprint density at radius 3 is 2.84 bits per heavy atom. The molecule has 2 aromatic heterocycles. The van der Waals surface area contributed by atoms with Gasteiger partial charge in [0.15, 0.2) is 5.89 Å². The molecule has 1 aliphatic heterocycles. The zero-order chi connectivity index (χ0) is 20.9. The lowest BCUT2D eigenvalue weighted by Gasteiger charge is -2.26. The van der Waals surface area contributed by atoms with Crippen LogP contribution >= 0.6 is 0 Å². The van der Waals surface area contributed by atoms with E-state index < -0.39 is 0 Å². The van der Waals surface area contributed by atoms with Gasteiger partial charge in [-0.05, 0) is 56.0 Å². The number of oxazole rings is 1. The molecular formula is C24H25N5O2. The Balaban J connectivity index is 1.24. The number of nitrogens with zero attached hydrogens (tertiary/aromatic N) is 3. The van der Waals surface area contributed by atoms with Crippen LogP contribution in [-0.4, -0.2) is 28.3 Å². The second-order valence-electron chi connectivity index (χ2n) is 8.71. The van der Waals surface area contributed by atoms with Crippen molar-refractivity contribution in [1.29, 1.82) is 5.41 Å². The SMILES string of the molecule is N=C(c1ccnc(N2CCc3oc(C4CC4)nc3C2)c1)c1cc(OC2CC2)ccc1N. The van der Waals surface area contributed by atoms with E-state index in [4.69, 9.17) is 25.3 Å². The van der Waals surface area contributed by atoms with E-state index >= 15 is 0 Å². The highest BCUT2D eigenvalue weighted by molar-refractivity contribution is 6.14. The van der Waals surface area contributed by atoms with Crippen molar-refractivity contribution >= 4 is 17.2 Å². The van der Waals surface area contributed by atoms with Gasteiger partial charge >= 0.3 is 0 Å². The molecular weight excluding hydrogens is 390 g/mol. The second-order valence-corrected chi connectivity index (χ2v) is 8.71. The summed E-state index contributed by atoms with van der Waals surface area (Å²) in [6.45, 7) is 1.51. The average Bonchev–Trinajstić information content (AvgIpc) is 3.73. The Morgan fingerprint density at radius 2 is 2.03 bits per heavy atom. The van der Waals surface area contributed by atoms with Crippen molar-refractivity contribution < 1.29 is 9.15 Å². The summed E-state index contributed by atoms with van der Waals surface area (Å²) >= 11 is 0. The van der Waals surface area contributed by atoms with Crippen molar-refractivity contribution in [3.8, 4) is 5.75 Å². The van der Waals surface area contributed by atoms with E-state index in [2.05, 4.69) is 9.88 Å². The number of fused-ring (bicyclic) bond motifs is 1. The largest absolute Gasteiger partial charge is 0.490 e. The van der Waals surface area contributed by atoms with Crippen LogP contribution in [0.5, 0.6) is 5.75 Å². The van der Waals surface area contributed by atoms with Gasteiger partial charge in [0.2, 0.25) is 0 Å². The second kappa shape index (κ2) is 7.11. The van der Waals surface area contributed by atoms with Gasteiger partial charge in [-0.1, -0.05) is 0 Å². The number of benzene rings is 1. The van der Waals surface area contributed by atoms with Crippen molar-refractivity contribution in [3.05, 3.63) is 65.0 Å². The van der Waals surface area contributed by atoms with Crippen molar-refractivity contribution in [2.45, 2.75) is 50.7 Å². The van der Waals surface area contributed by atoms with Gasteiger partial charge in [0, 0.05) is 41.9 Å². The lowest BCUT2D eigenvalue weighted by Crippen LogP contribution is -2.30. The van der Waals surface area contributed by atoms with Gasteiger partial charge in [-0.15, -0.1) is 0 Å². The summed E-state index contributed by atoms with van der Waals surface area (Å²) in [6, 6.07) is 9.39. The van der Waals surface area contributed by atoms with Crippen molar-refractivity contribution in [2.75, 3.05) is 17.2 Å². The van der Waals surface area contributed by atoms with E-state index in [0.29, 0.717) is 35.5 Å². The highest BCUT2D eigenvalue weighted by Gasteiger charge is 2.32. The molecule has 0 bridgehead atoms. The topological polar surface area (TPSA) is 101 Å². The van der Waals surface area contributed by atoms with E-state index in [9.17, 15) is 0 Å². The molecule has 158 valence electrons. The first-order valence-electron chi connectivity index (χ1n) is 11.0. The number of nitrogen functional groups attached to an aromatic ring is 1. The summed E-state index contributed by atoms with van der Waals surface area (Å²) in [5.74, 6) is 4.05. The summed E-state index contributed by atoms with van der Waals surface area (Å²) in [6.07, 6.45) is 7.45. The smallest absolute Gasteiger partial charge is 0.197 e. The molecule has 7 nitrogen and oxygen atoms in total. The maximum atomic E-state index is 8.78. The van der Waals surface area contributed by atoms with Crippen molar-refractivity contribution in [3.63, 3.8) is 0 Å². The molecule has 0 spiro atoms. The minimum atomic E-state index is 0.305. The van der Waals surface area contributed by atoms with Crippen LogP contribution in [0.15, 0.2) is 40.9 Å². The quantitative estimate of drug-likeness (QED) is 0.465. The number of rotatable bonds is 6. The summed E-state index contributed by atoms with van der Waals surface area (Å²) < 4.78 is 11.9. The van der Waals surface area contributed by atoms with Crippen LogP contribution in [0.4, 0.5) is 11.5 Å². The van der Waals surface area contributed by atoms with Crippen molar-refractivity contribution in [2.24, 2.45) is 0 Å². The fraction of sp³-hybridized carbons (Fsp3) is 0.375. The third-order valence-corrected chi connectivity index (χ3v) is 6.15. The number of aromatic nitrogens is 2. The van der Waals surface area contributed by atoms with Gasteiger partial charge in [0.25, 0.3) is 0 Å². The molecule has 3 aromatic rings. The van der Waals surface area contributed by atoms with E-state index in [1.54, 1.807) is 6.20 Å². The predicted octanol–water partition coefficient (Wildman–Crippen LogP) is 4.05. The van der Waals surface area contributed by atoms with Gasteiger partial charge in [0.05, 0.1) is 18.4 Å². The first-order valence-corrected chi connectivity index (χ1v) is 11.0. The molecule has 2 saturated carbocycles. The van der Waals surface area contributed by atoms with Gasteiger partial charge < -0.3 is 19.8 Å². The molecule has 0 radical (unpaired) electrons. The number of pyridine rings is 1. The van der Waals surface area contributed by atoms with Crippen LogP contribution in [0, 0.1) is 5.41 Å². The molecule has 3 N–H and O–H groups in total. The van der Waals surface area contributed by atoms with Crippen LogP contribution in [0.2, 0.25) is 0 Å². The molecule has 6 rings (SSSR count). The molecule has 7 heteroatoms. The standard InChI is InChI=1S/C24H25N5O2/c25-19-6-5-17(30-16-3-4-16)12-18(19)23(26)15-7-9-27-22(11-15)29-10-8-21-20(13-29)28-24(31-21)14-1-2-14/h5-7,9,11-12,14,16,26H,1-4,8,10,13,25H2. The number of nitrogens with two attached hydrogens (primary N) is 1. The number of nitrogens with one attached hydrogen (secondary N) is 1. The van der Waals surface area contributed by atoms with Crippen LogP contribution in [0.1, 0.15) is 60.1 Å². The molecule has 3 heterocycles. The van der Waals surface area contributed by atoms with Gasteiger partial charge in [-0.3, -0.25) is 5.41 Å². The fourth-order valence-electron chi connectivity index (χ4n) is 4.02. The number of hydrogen-bond donors (Lipinski definition) is 2. The van der Waals surface area contributed by atoms with Crippen molar-refractivity contribution in [1.82, 2.24) is 9.97 Å². The molecule has 0 saturated heterocycles. The summed E-state index contributed by atoms with van der Waals surface area (Å²) in [4.78, 5) is 11.5. The van der Waals surface area contributed by atoms with Crippen LogP contribution in [-0.2, 0) is 13.0 Å². The third kappa shape index (κ3) is 3.65. The average molecular weight is 415 g/mol. The zero-order valence-electron chi connectivity index (χ0n) is 17.3.